The summed E-state index contributed by atoms with van der Waals surface area (Å²) in [6, 6.07) is 6.36. The number of nitrogens with one attached hydrogen (secondary N) is 1. The van der Waals surface area contributed by atoms with Gasteiger partial charge in [0.15, 0.2) is 0 Å². The van der Waals surface area contributed by atoms with Crippen LogP contribution in [0, 0.1) is 5.92 Å². The Morgan fingerprint density at radius 3 is 2.53 bits per heavy atom. The third kappa shape index (κ3) is 3.41. The SMILES string of the molecule is OCc1ccccc1NC1CCCCC1C(F)(F)F. The van der Waals surface area contributed by atoms with E-state index >= 15 is 0 Å². The van der Waals surface area contributed by atoms with Gasteiger partial charge in [-0.3, -0.25) is 0 Å². The molecule has 0 radical (unpaired) electrons. The molecule has 0 bridgehead atoms. The van der Waals surface area contributed by atoms with Crippen LogP contribution in [0.5, 0.6) is 0 Å². The van der Waals surface area contributed by atoms with Gasteiger partial charge in [-0.2, -0.15) is 13.2 Å². The van der Waals surface area contributed by atoms with Crippen molar-refractivity contribution in [2.45, 2.75) is 44.5 Å². The molecular weight excluding hydrogens is 255 g/mol. The van der Waals surface area contributed by atoms with Gasteiger partial charge in [0.2, 0.25) is 0 Å². The minimum absolute atomic E-state index is 0.174. The molecule has 106 valence electrons. The Morgan fingerprint density at radius 2 is 1.84 bits per heavy atom. The highest BCUT2D eigenvalue weighted by Crippen LogP contribution is 2.39. The van der Waals surface area contributed by atoms with Gasteiger partial charge in [0.1, 0.15) is 0 Å². The number of halogens is 3. The lowest BCUT2D eigenvalue weighted by atomic mass is 9.83. The van der Waals surface area contributed by atoms with E-state index in [0.29, 0.717) is 24.1 Å². The highest BCUT2D eigenvalue weighted by Gasteiger charge is 2.45. The summed E-state index contributed by atoms with van der Waals surface area (Å²) in [6.07, 6.45) is -2.02. The summed E-state index contributed by atoms with van der Waals surface area (Å²) in [5.41, 5.74) is 1.24. The quantitative estimate of drug-likeness (QED) is 0.880. The van der Waals surface area contributed by atoms with E-state index in [0.717, 1.165) is 6.42 Å². The zero-order valence-corrected chi connectivity index (χ0v) is 10.6. The topological polar surface area (TPSA) is 32.3 Å². The predicted octanol–water partition coefficient (Wildman–Crippen LogP) is 3.71. The lowest BCUT2D eigenvalue weighted by Gasteiger charge is -2.34. The van der Waals surface area contributed by atoms with Crippen molar-refractivity contribution in [2.75, 3.05) is 5.32 Å². The first kappa shape index (κ1) is 14.2. The maximum atomic E-state index is 13.0. The summed E-state index contributed by atoms with van der Waals surface area (Å²) in [5.74, 6) is -1.30. The molecule has 5 heteroatoms. The van der Waals surface area contributed by atoms with Gasteiger partial charge in [-0.05, 0) is 18.9 Å². The lowest BCUT2D eigenvalue weighted by molar-refractivity contribution is -0.184. The van der Waals surface area contributed by atoms with Crippen molar-refractivity contribution in [3.8, 4) is 0 Å². The fourth-order valence-corrected chi connectivity index (χ4v) is 2.69. The third-order valence-corrected chi connectivity index (χ3v) is 3.72. The van der Waals surface area contributed by atoms with Gasteiger partial charge in [-0.25, -0.2) is 0 Å². The Bertz CT molecular complexity index is 419. The second kappa shape index (κ2) is 5.82. The molecule has 1 aliphatic rings. The summed E-state index contributed by atoms with van der Waals surface area (Å²) >= 11 is 0. The van der Waals surface area contributed by atoms with Crippen molar-refractivity contribution >= 4 is 5.69 Å². The largest absolute Gasteiger partial charge is 0.393 e. The Labute approximate surface area is 110 Å². The van der Waals surface area contributed by atoms with E-state index in [2.05, 4.69) is 5.32 Å². The van der Waals surface area contributed by atoms with Crippen molar-refractivity contribution in [1.29, 1.82) is 0 Å². The molecule has 2 nitrogen and oxygen atoms in total. The highest BCUT2D eigenvalue weighted by atomic mass is 19.4. The van der Waals surface area contributed by atoms with Gasteiger partial charge in [-0.15, -0.1) is 0 Å². The van der Waals surface area contributed by atoms with Gasteiger partial charge in [-0.1, -0.05) is 31.0 Å². The molecule has 1 aromatic carbocycles. The Morgan fingerprint density at radius 1 is 1.16 bits per heavy atom. The van der Waals surface area contributed by atoms with Crippen molar-refractivity contribution in [2.24, 2.45) is 5.92 Å². The average Bonchev–Trinajstić information content (AvgIpc) is 2.39. The second-order valence-electron chi connectivity index (χ2n) is 5.00. The highest BCUT2D eigenvalue weighted by molar-refractivity contribution is 5.51. The van der Waals surface area contributed by atoms with Crippen molar-refractivity contribution < 1.29 is 18.3 Å². The van der Waals surface area contributed by atoms with E-state index in [1.165, 1.54) is 0 Å². The summed E-state index contributed by atoms with van der Waals surface area (Å²) in [5, 5.41) is 12.2. The molecule has 0 saturated heterocycles. The van der Waals surface area contributed by atoms with Crippen LogP contribution in [-0.4, -0.2) is 17.3 Å². The van der Waals surface area contributed by atoms with Crippen LogP contribution in [-0.2, 0) is 6.61 Å². The van der Waals surface area contributed by atoms with Gasteiger partial charge in [0.25, 0.3) is 0 Å². The second-order valence-corrected chi connectivity index (χ2v) is 5.00. The Balaban J connectivity index is 2.15. The first-order valence-electron chi connectivity index (χ1n) is 6.54. The molecule has 0 aliphatic heterocycles. The summed E-state index contributed by atoms with van der Waals surface area (Å²) in [4.78, 5) is 0. The Hall–Kier alpha value is -1.23. The predicted molar refractivity (Wildman–Crippen MR) is 67.8 cm³/mol. The molecule has 1 saturated carbocycles. The smallest absolute Gasteiger partial charge is 0.392 e. The zero-order valence-electron chi connectivity index (χ0n) is 10.6. The third-order valence-electron chi connectivity index (χ3n) is 3.72. The number of alkyl halides is 3. The monoisotopic (exact) mass is 273 g/mol. The van der Waals surface area contributed by atoms with Crippen LogP contribution in [0.25, 0.3) is 0 Å². The number of aliphatic hydroxyl groups excluding tert-OH is 1. The van der Waals surface area contributed by atoms with E-state index in [9.17, 15) is 18.3 Å². The van der Waals surface area contributed by atoms with Crippen LogP contribution >= 0.6 is 0 Å². The molecule has 1 fully saturated rings. The maximum Gasteiger partial charge on any atom is 0.393 e. The molecule has 2 atom stereocenters. The molecule has 1 aliphatic carbocycles. The van der Waals surface area contributed by atoms with E-state index in [4.69, 9.17) is 0 Å². The van der Waals surface area contributed by atoms with Crippen molar-refractivity contribution in [1.82, 2.24) is 0 Å². The van der Waals surface area contributed by atoms with E-state index in [-0.39, 0.29) is 13.0 Å². The first-order chi connectivity index (χ1) is 9.02. The molecular formula is C14H18F3NO. The van der Waals surface area contributed by atoms with Crippen LogP contribution in [0.3, 0.4) is 0 Å². The molecule has 2 N–H and O–H groups in total. The van der Waals surface area contributed by atoms with Crippen LogP contribution < -0.4 is 5.32 Å². The lowest BCUT2D eigenvalue weighted by Crippen LogP contribution is -2.41. The van der Waals surface area contributed by atoms with Crippen LogP contribution in [0.2, 0.25) is 0 Å². The molecule has 1 aromatic rings. The number of benzene rings is 1. The molecule has 19 heavy (non-hydrogen) atoms. The minimum atomic E-state index is -4.16. The molecule has 0 heterocycles. The average molecular weight is 273 g/mol. The molecule has 0 spiro atoms. The first-order valence-corrected chi connectivity index (χ1v) is 6.54. The van der Waals surface area contributed by atoms with Crippen molar-refractivity contribution in [3.63, 3.8) is 0 Å². The van der Waals surface area contributed by atoms with E-state index in [1.54, 1.807) is 24.3 Å². The minimum Gasteiger partial charge on any atom is -0.392 e. The normalized spacial score (nSPS) is 24.2. The van der Waals surface area contributed by atoms with Crippen LogP contribution in [0.1, 0.15) is 31.2 Å². The van der Waals surface area contributed by atoms with E-state index in [1.807, 2.05) is 0 Å². The van der Waals surface area contributed by atoms with Gasteiger partial charge < -0.3 is 10.4 Å². The molecule has 0 amide bonds. The van der Waals surface area contributed by atoms with Crippen LogP contribution in [0.15, 0.2) is 24.3 Å². The molecule has 2 rings (SSSR count). The van der Waals surface area contributed by atoms with Crippen molar-refractivity contribution in [3.05, 3.63) is 29.8 Å². The number of para-hydroxylation sites is 1. The fraction of sp³-hybridized carbons (Fsp3) is 0.571. The Kier molecular flexibility index (Phi) is 4.34. The van der Waals surface area contributed by atoms with Gasteiger partial charge in [0.05, 0.1) is 12.5 Å². The number of anilines is 1. The zero-order chi connectivity index (χ0) is 13.9. The van der Waals surface area contributed by atoms with Gasteiger partial charge >= 0.3 is 6.18 Å². The number of hydrogen-bond acceptors (Lipinski definition) is 2. The number of aliphatic hydroxyl groups is 1. The van der Waals surface area contributed by atoms with Crippen LogP contribution in [0.4, 0.5) is 18.9 Å². The molecule has 2 unspecified atom stereocenters. The fourth-order valence-electron chi connectivity index (χ4n) is 2.69. The summed E-state index contributed by atoms with van der Waals surface area (Å²) in [6.45, 7) is -0.174. The number of rotatable bonds is 3. The van der Waals surface area contributed by atoms with E-state index < -0.39 is 18.1 Å². The summed E-state index contributed by atoms with van der Waals surface area (Å²) < 4.78 is 39.0. The maximum absolute atomic E-state index is 13.0. The standard InChI is InChI=1S/C14H18F3NO/c15-14(16,17)11-6-2-4-8-13(11)18-12-7-3-1-5-10(12)9-19/h1,3,5,7,11,13,18-19H,2,4,6,8-9H2. The number of hydrogen-bond donors (Lipinski definition) is 2. The van der Waals surface area contributed by atoms with Gasteiger partial charge in [0, 0.05) is 17.3 Å². The molecule has 0 aromatic heterocycles. The summed E-state index contributed by atoms with van der Waals surface area (Å²) in [7, 11) is 0.